The van der Waals surface area contributed by atoms with Gasteiger partial charge in [-0.05, 0) is 47.8 Å². The minimum Gasteiger partial charge on any atom is -0.497 e. The number of rotatable bonds is 4. The fourth-order valence-corrected chi connectivity index (χ4v) is 4.96. The summed E-state index contributed by atoms with van der Waals surface area (Å²) in [5, 5.41) is 4.21. The molecule has 5 rings (SSSR count). The average Bonchev–Trinajstić information content (AvgIpc) is 3.46. The molecule has 0 saturated carbocycles. The molecule has 0 N–H and O–H groups in total. The first-order chi connectivity index (χ1) is 14.6. The van der Waals surface area contributed by atoms with Crippen LogP contribution in [0.4, 0.5) is 11.4 Å². The number of thiophene rings is 1. The second-order valence-electron chi connectivity index (χ2n) is 7.03. The molecule has 2 fully saturated rings. The standard InChI is InChI=1S/C22H17ClN2O4S/c1-28-16-5-2-4-15(12-16)24-21(26)18-19(17-6-3-11-30-17)25(29-20(18)22(24)27)14-9-7-13(23)8-10-14/h2-12,18-20H,1H3. The zero-order valence-electron chi connectivity index (χ0n) is 15.9. The number of hydrogen-bond acceptors (Lipinski definition) is 6. The van der Waals surface area contributed by atoms with Gasteiger partial charge < -0.3 is 4.74 Å². The van der Waals surface area contributed by atoms with Gasteiger partial charge in [0.1, 0.15) is 17.7 Å². The Morgan fingerprint density at radius 3 is 2.50 bits per heavy atom. The summed E-state index contributed by atoms with van der Waals surface area (Å²) >= 11 is 7.55. The largest absolute Gasteiger partial charge is 0.497 e. The molecule has 3 unspecified atom stereocenters. The van der Waals surface area contributed by atoms with Gasteiger partial charge in [0.15, 0.2) is 6.10 Å². The quantitative estimate of drug-likeness (QED) is 0.560. The summed E-state index contributed by atoms with van der Waals surface area (Å²) in [4.78, 5) is 35.0. The maximum Gasteiger partial charge on any atom is 0.266 e. The van der Waals surface area contributed by atoms with Crippen LogP contribution in [0.5, 0.6) is 5.75 Å². The molecule has 30 heavy (non-hydrogen) atoms. The van der Waals surface area contributed by atoms with Crippen LogP contribution in [0.2, 0.25) is 5.02 Å². The number of carbonyl (C=O) groups excluding carboxylic acids is 2. The molecule has 0 spiro atoms. The number of ether oxygens (including phenoxy) is 1. The van der Waals surface area contributed by atoms with Gasteiger partial charge in [-0.15, -0.1) is 11.3 Å². The van der Waals surface area contributed by atoms with E-state index in [1.807, 2.05) is 29.6 Å². The Morgan fingerprint density at radius 2 is 1.80 bits per heavy atom. The van der Waals surface area contributed by atoms with E-state index < -0.39 is 18.1 Å². The molecule has 2 aromatic carbocycles. The highest BCUT2D eigenvalue weighted by Gasteiger charge is 2.60. The van der Waals surface area contributed by atoms with E-state index in [-0.39, 0.29) is 11.8 Å². The lowest BCUT2D eigenvalue weighted by Gasteiger charge is -2.28. The van der Waals surface area contributed by atoms with Gasteiger partial charge in [-0.2, -0.15) is 0 Å². The van der Waals surface area contributed by atoms with Crippen molar-refractivity contribution in [1.29, 1.82) is 0 Å². The molecule has 2 aliphatic rings. The van der Waals surface area contributed by atoms with Crippen molar-refractivity contribution in [2.24, 2.45) is 5.92 Å². The smallest absolute Gasteiger partial charge is 0.266 e. The fraction of sp³-hybridized carbons (Fsp3) is 0.182. The molecule has 1 aromatic heterocycles. The van der Waals surface area contributed by atoms with E-state index in [4.69, 9.17) is 21.2 Å². The van der Waals surface area contributed by atoms with Crippen LogP contribution >= 0.6 is 22.9 Å². The lowest BCUT2D eigenvalue weighted by atomic mass is 9.95. The zero-order chi connectivity index (χ0) is 20.8. The van der Waals surface area contributed by atoms with Crippen LogP contribution in [0.25, 0.3) is 0 Å². The summed E-state index contributed by atoms with van der Waals surface area (Å²) in [6, 6.07) is 17.5. The van der Waals surface area contributed by atoms with Crippen LogP contribution in [-0.4, -0.2) is 25.0 Å². The summed E-state index contributed by atoms with van der Waals surface area (Å²) in [6.07, 6.45) is -0.897. The Hall–Kier alpha value is -2.87. The molecule has 3 heterocycles. The number of benzene rings is 2. The Morgan fingerprint density at radius 1 is 1.00 bits per heavy atom. The third kappa shape index (κ3) is 2.98. The number of hydroxylamine groups is 1. The minimum absolute atomic E-state index is 0.284. The van der Waals surface area contributed by atoms with Crippen molar-refractivity contribution in [3.05, 3.63) is 75.9 Å². The fourth-order valence-electron chi connectivity index (χ4n) is 3.98. The van der Waals surface area contributed by atoms with Crippen LogP contribution in [-0.2, 0) is 14.4 Å². The van der Waals surface area contributed by atoms with E-state index >= 15 is 0 Å². The van der Waals surface area contributed by atoms with Crippen LogP contribution in [0.15, 0.2) is 66.0 Å². The first-order valence-electron chi connectivity index (χ1n) is 9.35. The Labute approximate surface area is 182 Å². The molecule has 3 atom stereocenters. The Kier molecular flexibility index (Phi) is 4.73. The van der Waals surface area contributed by atoms with E-state index in [1.165, 1.54) is 16.2 Å². The lowest BCUT2D eigenvalue weighted by Crippen LogP contribution is -2.37. The van der Waals surface area contributed by atoms with E-state index in [0.29, 0.717) is 16.5 Å². The summed E-state index contributed by atoms with van der Waals surface area (Å²) in [7, 11) is 1.54. The summed E-state index contributed by atoms with van der Waals surface area (Å²) in [6.45, 7) is 0. The molecular weight excluding hydrogens is 424 g/mol. The number of nitrogens with zero attached hydrogens (tertiary/aromatic N) is 2. The van der Waals surface area contributed by atoms with Gasteiger partial charge in [-0.3, -0.25) is 14.4 Å². The van der Waals surface area contributed by atoms with Gasteiger partial charge in [0, 0.05) is 16.0 Å². The number of anilines is 2. The molecule has 6 nitrogen and oxygen atoms in total. The predicted octanol–water partition coefficient (Wildman–Crippen LogP) is 4.46. The normalized spacial score (nSPS) is 23.2. The van der Waals surface area contributed by atoms with Crippen LogP contribution in [0.1, 0.15) is 10.9 Å². The Balaban J connectivity index is 1.55. The predicted molar refractivity (Wildman–Crippen MR) is 115 cm³/mol. The SMILES string of the molecule is COc1cccc(N2C(=O)C3ON(c4ccc(Cl)cc4)C(c4cccs4)C3C2=O)c1. The van der Waals surface area contributed by atoms with Crippen molar-refractivity contribution in [2.45, 2.75) is 12.1 Å². The van der Waals surface area contributed by atoms with Gasteiger partial charge in [-0.1, -0.05) is 23.7 Å². The van der Waals surface area contributed by atoms with E-state index in [1.54, 1.807) is 48.6 Å². The number of imide groups is 1. The molecule has 0 aliphatic carbocycles. The van der Waals surface area contributed by atoms with E-state index in [2.05, 4.69) is 0 Å². The number of amides is 2. The average molecular weight is 441 g/mol. The Bertz CT molecular complexity index is 1100. The molecule has 0 bridgehead atoms. The molecule has 3 aromatic rings. The minimum atomic E-state index is -0.897. The maximum absolute atomic E-state index is 13.5. The van der Waals surface area contributed by atoms with Gasteiger partial charge >= 0.3 is 0 Å². The third-order valence-electron chi connectivity index (χ3n) is 5.34. The summed E-state index contributed by atoms with van der Waals surface area (Å²) < 4.78 is 5.25. The van der Waals surface area contributed by atoms with Gasteiger partial charge in [0.2, 0.25) is 5.91 Å². The molecule has 2 saturated heterocycles. The summed E-state index contributed by atoms with van der Waals surface area (Å²) in [5.74, 6) is -0.744. The summed E-state index contributed by atoms with van der Waals surface area (Å²) in [5.41, 5.74) is 1.21. The highest BCUT2D eigenvalue weighted by molar-refractivity contribution is 7.10. The molecule has 0 radical (unpaired) electrons. The number of methoxy groups -OCH3 is 1. The molecule has 152 valence electrons. The van der Waals surface area contributed by atoms with Crippen molar-refractivity contribution in [3.8, 4) is 5.75 Å². The first-order valence-corrected chi connectivity index (χ1v) is 10.6. The number of fused-ring (bicyclic) bond motifs is 1. The van der Waals surface area contributed by atoms with Crippen molar-refractivity contribution < 1.29 is 19.2 Å². The second-order valence-corrected chi connectivity index (χ2v) is 8.44. The van der Waals surface area contributed by atoms with E-state index in [9.17, 15) is 9.59 Å². The highest BCUT2D eigenvalue weighted by atomic mass is 35.5. The molecule has 2 amide bonds. The van der Waals surface area contributed by atoms with Gasteiger partial charge in [0.25, 0.3) is 5.91 Å². The lowest BCUT2D eigenvalue weighted by molar-refractivity contribution is -0.126. The van der Waals surface area contributed by atoms with Crippen molar-refractivity contribution in [3.63, 3.8) is 0 Å². The molecular formula is C22H17ClN2O4S. The molecule has 8 heteroatoms. The monoisotopic (exact) mass is 440 g/mol. The second kappa shape index (κ2) is 7.43. The zero-order valence-corrected chi connectivity index (χ0v) is 17.5. The van der Waals surface area contributed by atoms with E-state index in [0.717, 1.165) is 10.6 Å². The highest BCUT2D eigenvalue weighted by Crippen LogP contribution is 2.48. The van der Waals surface area contributed by atoms with Crippen molar-refractivity contribution in [1.82, 2.24) is 0 Å². The first kappa shape index (κ1) is 19.1. The van der Waals surface area contributed by atoms with Crippen LogP contribution in [0.3, 0.4) is 0 Å². The number of carbonyl (C=O) groups is 2. The third-order valence-corrected chi connectivity index (χ3v) is 6.54. The van der Waals surface area contributed by atoms with Crippen LogP contribution < -0.4 is 14.7 Å². The number of hydrogen-bond donors (Lipinski definition) is 0. The van der Waals surface area contributed by atoms with Crippen molar-refractivity contribution >= 4 is 46.1 Å². The molecule has 2 aliphatic heterocycles. The van der Waals surface area contributed by atoms with Crippen molar-refractivity contribution in [2.75, 3.05) is 17.1 Å². The van der Waals surface area contributed by atoms with Crippen LogP contribution in [0, 0.1) is 5.92 Å². The topological polar surface area (TPSA) is 59.1 Å². The maximum atomic E-state index is 13.5. The number of halogens is 1. The van der Waals surface area contributed by atoms with Gasteiger partial charge in [-0.25, -0.2) is 9.96 Å². The van der Waals surface area contributed by atoms with Gasteiger partial charge in [0.05, 0.1) is 18.5 Å².